The van der Waals surface area contributed by atoms with Crippen LogP contribution in [-0.2, 0) is 6.54 Å². The Morgan fingerprint density at radius 1 is 1.08 bits per heavy atom. The number of para-hydroxylation sites is 1. The molecule has 0 radical (unpaired) electrons. The summed E-state index contributed by atoms with van der Waals surface area (Å²) >= 11 is 0. The summed E-state index contributed by atoms with van der Waals surface area (Å²) in [5.41, 5.74) is 1.15. The van der Waals surface area contributed by atoms with E-state index in [1.165, 1.54) is 18.3 Å². The third-order valence-corrected chi connectivity index (χ3v) is 3.47. The molecule has 0 aliphatic carbocycles. The normalized spacial score (nSPS) is 10.2. The fourth-order valence-corrected chi connectivity index (χ4v) is 2.17. The van der Waals surface area contributed by atoms with E-state index in [1.54, 1.807) is 12.1 Å². The molecule has 0 saturated carbocycles. The summed E-state index contributed by atoms with van der Waals surface area (Å²) in [6.45, 7) is 0.255. The van der Waals surface area contributed by atoms with Gasteiger partial charge >= 0.3 is 6.03 Å². The molecule has 2 aromatic carbocycles. The van der Waals surface area contributed by atoms with E-state index in [0.717, 1.165) is 11.3 Å². The van der Waals surface area contributed by atoms with E-state index in [9.17, 15) is 14.7 Å². The molecule has 0 atom stereocenters. The van der Waals surface area contributed by atoms with E-state index < -0.39 is 11.6 Å². The van der Waals surface area contributed by atoms with Crippen molar-refractivity contribution in [2.45, 2.75) is 6.54 Å². The number of phenolic OH excluding ortho intramolecular Hbond substituents is 1. The lowest BCUT2D eigenvalue weighted by molar-refractivity contribution is 0.251. The Bertz CT molecular complexity index is 939. The molecule has 3 aromatic rings. The van der Waals surface area contributed by atoms with Crippen LogP contribution in [0.1, 0.15) is 5.56 Å². The summed E-state index contributed by atoms with van der Waals surface area (Å²) in [6.07, 6.45) is 1.28. The van der Waals surface area contributed by atoms with E-state index in [1.807, 2.05) is 30.3 Å². The number of aromatic hydroxyl groups is 1. The quantitative estimate of drug-likeness (QED) is 0.484. The number of nitrogens with zero attached hydrogens (tertiary/aromatic N) is 1. The first kappa shape index (κ1) is 17.0. The molecule has 8 nitrogen and oxygen atoms in total. The van der Waals surface area contributed by atoms with Crippen molar-refractivity contribution in [1.82, 2.24) is 15.3 Å². The van der Waals surface area contributed by atoms with E-state index in [2.05, 4.69) is 25.9 Å². The average molecular weight is 351 g/mol. The molecular formula is C18H17N5O3. The zero-order valence-electron chi connectivity index (χ0n) is 13.7. The Hall–Kier alpha value is -3.81. The highest BCUT2D eigenvalue weighted by Gasteiger charge is 2.07. The van der Waals surface area contributed by atoms with Crippen LogP contribution in [0.2, 0.25) is 0 Å². The van der Waals surface area contributed by atoms with E-state index >= 15 is 0 Å². The number of H-pyrrole nitrogens is 1. The Labute approximate surface area is 148 Å². The van der Waals surface area contributed by atoms with Crippen molar-refractivity contribution < 1.29 is 9.90 Å². The van der Waals surface area contributed by atoms with Gasteiger partial charge in [0.25, 0.3) is 5.56 Å². The van der Waals surface area contributed by atoms with E-state index in [4.69, 9.17) is 0 Å². The summed E-state index contributed by atoms with van der Waals surface area (Å²) in [5, 5.41) is 17.3. The van der Waals surface area contributed by atoms with Gasteiger partial charge in [-0.05, 0) is 29.8 Å². The van der Waals surface area contributed by atoms with Crippen LogP contribution < -0.4 is 21.5 Å². The lowest BCUT2D eigenvalue weighted by Gasteiger charge is -2.08. The molecule has 1 heterocycles. The van der Waals surface area contributed by atoms with Crippen molar-refractivity contribution in [2.24, 2.45) is 0 Å². The SMILES string of the molecule is O=C(NCc1ccc(O)cc1)Nc1cnc(Nc2ccccc2)[nH]c1=O. The summed E-state index contributed by atoms with van der Waals surface area (Å²) in [5.74, 6) is 0.427. The number of rotatable bonds is 5. The molecule has 1 aromatic heterocycles. The van der Waals surface area contributed by atoms with Gasteiger partial charge in [-0.1, -0.05) is 30.3 Å². The van der Waals surface area contributed by atoms with Crippen molar-refractivity contribution in [3.8, 4) is 5.75 Å². The summed E-state index contributed by atoms with van der Waals surface area (Å²) in [7, 11) is 0. The maximum Gasteiger partial charge on any atom is 0.319 e. The fourth-order valence-electron chi connectivity index (χ4n) is 2.17. The van der Waals surface area contributed by atoms with Gasteiger partial charge in [0.2, 0.25) is 5.95 Å². The number of urea groups is 1. The number of anilines is 3. The van der Waals surface area contributed by atoms with Crippen molar-refractivity contribution >= 4 is 23.4 Å². The molecule has 0 aliphatic rings. The molecular weight excluding hydrogens is 334 g/mol. The maximum absolute atomic E-state index is 12.1. The van der Waals surface area contributed by atoms with E-state index in [0.29, 0.717) is 0 Å². The van der Waals surface area contributed by atoms with Gasteiger partial charge in [-0.3, -0.25) is 9.78 Å². The van der Waals surface area contributed by atoms with Crippen molar-refractivity contribution in [3.63, 3.8) is 0 Å². The van der Waals surface area contributed by atoms with Gasteiger partial charge in [-0.2, -0.15) is 0 Å². The zero-order valence-corrected chi connectivity index (χ0v) is 13.7. The van der Waals surface area contributed by atoms with Gasteiger partial charge in [0.05, 0.1) is 6.20 Å². The Kier molecular flexibility index (Phi) is 5.14. The van der Waals surface area contributed by atoms with Crippen molar-refractivity contribution in [3.05, 3.63) is 76.7 Å². The number of nitrogens with one attached hydrogen (secondary N) is 4. The first-order valence-electron chi connectivity index (χ1n) is 7.84. The van der Waals surface area contributed by atoms with Crippen LogP contribution in [0.25, 0.3) is 0 Å². The number of hydrogen-bond acceptors (Lipinski definition) is 5. The molecule has 0 saturated heterocycles. The highest BCUT2D eigenvalue weighted by Crippen LogP contribution is 2.11. The van der Waals surface area contributed by atoms with Crippen LogP contribution in [0.5, 0.6) is 5.75 Å². The minimum atomic E-state index is -0.533. The van der Waals surface area contributed by atoms with Gasteiger partial charge in [0.15, 0.2) is 0 Å². The van der Waals surface area contributed by atoms with Gasteiger partial charge in [-0.15, -0.1) is 0 Å². The van der Waals surface area contributed by atoms with Crippen molar-refractivity contribution in [1.29, 1.82) is 0 Å². The number of aromatic nitrogens is 2. The third-order valence-electron chi connectivity index (χ3n) is 3.47. The van der Waals surface area contributed by atoms with Gasteiger partial charge in [0, 0.05) is 12.2 Å². The standard InChI is InChI=1S/C18H17N5O3/c24-14-8-6-12(7-9-14)10-20-18(26)22-15-11-19-17(23-16(15)25)21-13-4-2-1-3-5-13/h1-9,11,24H,10H2,(H2,20,22,26)(H2,19,21,23,25). The molecule has 5 N–H and O–H groups in total. The predicted molar refractivity (Wildman–Crippen MR) is 98.5 cm³/mol. The number of aromatic amines is 1. The highest BCUT2D eigenvalue weighted by atomic mass is 16.3. The first-order valence-corrected chi connectivity index (χ1v) is 7.84. The lowest BCUT2D eigenvalue weighted by Crippen LogP contribution is -2.31. The molecule has 0 bridgehead atoms. The number of hydrogen-bond donors (Lipinski definition) is 5. The summed E-state index contributed by atoms with van der Waals surface area (Å²) < 4.78 is 0. The molecule has 26 heavy (non-hydrogen) atoms. The molecule has 8 heteroatoms. The third kappa shape index (κ3) is 4.60. The zero-order chi connectivity index (χ0) is 18.4. The second-order valence-electron chi connectivity index (χ2n) is 5.44. The van der Waals surface area contributed by atoms with Crippen LogP contribution in [-0.4, -0.2) is 21.1 Å². The molecule has 0 fully saturated rings. The maximum atomic E-state index is 12.1. The topological polar surface area (TPSA) is 119 Å². The minimum absolute atomic E-state index is 0.0341. The summed E-state index contributed by atoms with van der Waals surface area (Å²) in [6, 6.07) is 15.2. The molecule has 132 valence electrons. The number of benzene rings is 2. The minimum Gasteiger partial charge on any atom is -0.508 e. The van der Waals surface area contributed by atoms with Crippen LogP contribution in [0.3, 0.4) is 0 Å². The van der Waals surface area contributed by atoms with Crippen LogP contribution in [0, 0.1) is 0 Å². The molecule has 2 amide bonds. The Morgan fingerprint density at radius 2 is 1.81 bits per heavy atom. The number of amides is 2. The van der Waals surface area contributed by atoms with Gasteiger partial charge in [0.1, 0.15) is 11.4 Å². The predicted octanol–water partition coefficient (Wildman–Crippen LogP) is 2.54. The van der Waals surface area contributed by atoms with Crippen LogP contribution in [0.15, 0.2) is 65.6 Å². The van der Waals surface area contributed by atoms with Crippen molar-refractivity contribution in [2.75, 3.05) is 10.6 Å². The van der Waals surface area contributed by atoms with Crippen LogP contribution >= 0.6 is 0 Å². The second-order valence-corrected chi connectivity index (χ2v) is 5.44. The average Bonchev–Trinajstić information content (AvgIpc) is 2.64. The Balaban J connectivity index is 1.58. The Morgan fingerprint density at radius 3 is 2.50 bits per heavy atom. The molecule has 3 rings (SSSR count). The largest absolute Gasteiger partial charge is 0.508 e. The molecule has 0 spiro atoms. The summed E-state index contributed by atoms with van der Waals surface area (Å²) in [4.78, 5) is 30.6. The molecule has 0 aliphatic heterocycles. The van der Waals surface area contributed by atoms with Gasteiger partial charge < -0.3 is 21.1 Å². The monoisotopic (exact) mass is 351 g/mol. The van der Waals surface area contributed by atoms with E-state index in [-0.39, 0.29) is 23.9 Å². The smallest absolute Gasteiger partial charge is 0.319 e. The van der Waals surface area contributed by atoms with Crippen LogP contribution in [0.4, 0.5) is 22.1 Å². The number of carbonyl (C=O) groups excluding carboxylic acids is 1. The lowest BCUT2D eigenvalue weighted by atomic mass is 10.2. The second kappa shape index (κ2) is 7.84. The number of carbonyl (C=O) groups is 1. The first-order chi connectivity index (χ1) is 12.6. The molecule has 0 unspecified atom stereocenters. The highest BCUT2D eigenvalue weighted by molar-refractivity contribution is 5.88. The van der Waals surface area contributed by atoms with Gasteiger partial charge in [-0.25, -0.2) is 9.78 Å². The number of phenols is 1. The fraction of sp³-hybridized carbons (Fsp3) is 0.0556.